The summed E-state index contributed by atoms with van der Waals surface area (Å²) in [6, 6.07) is 9.30. The number of nitrogens with zero attached hydrogens (tertiary/aromatic N) is 1. The van der Waals surface area contributed by atoms with Crippen LogP contribution in [0.2, 0.25) is 0 Å². The lowest BCUT2D eigenvalue weighted by Crippen LogP contribution is -2.16. The van der Waals surface area contributed by atoms with Crippen LogP contribution in [0.15, 0.2) is 36.5 Å². The first-order valence-corrected chi connectivity index (χ1v) is 8.22. The van der Waals surface area contributed by atoms with Crippen molar-refractivity contribution in [2.24, 2.45) is 0 Å². The van der Waals surface area contributed by atoms with Gasteiger partial charge in [-0.05, 0) is 37.6 Å². The molecular weight excluding hydrogens is 322 g/mol. The fourth-order valence-electron chi connectivity index (χ4n) is 2.52. The first kappa shape index (κ1) is 18.6. The van der Waals surface area contributed by atoms with Crippen LogP contribution in [-0.4, -0.2) is 36.8 Å². The van der Waals surface area contributed by atoms with Gasteiger partial charge in [-0.25, -0.2) is 4.79 Å². The second-order valence-electron chi connectivity index (χ2n) is 5.35. The van der Waals surface area contributed by atoms with E-state index in [1.807, 2.05) is 28.8 Å². The number of methoxy groups -OCH3 is 1. The van der Waals surface area contributed by atoms with Gasteiger partial charge in [0.2, 0.25) is 0 Å². The molecule has 0 N–H and O–H groups in total. The van der Waals surface area contributed by atoms with E-state index >= 15 is 0 Å². The summed E-state index contributed by atoms with van der Waals surface area (Å²) >= 11 is 0. The third-order valence-corrected chi connectivity index (χ3v) is 3.70. The van der Waals surface area contributed by atoms with Gasteiger partial charge in [-0.1, -0.05) is 12.1 Å². The minimum Gasteiger partial charge on any atom is -0.497 e. The Morgan fingerprint density at radius 3 is 2.28 bits per heavy atom. The second kappa shape index (κ2) is 8.92. The molecule has 0 saturated carbocycles. The summed E-state index contributed by atoms with van der Waals surface area (Å²) in [6.07, 6.45) is 1.80. The van der Waals surface area contributed by atoms with Crippen LogP contribution < -0.4 is 4.74 Å². The summed E-state index contributed by atoms with van der Waals surface area (Å²) in [4.78, 5) is 24.1. The molecule has 0 aliphatic rings. The summed E-state index contributed by atoms with van der Waals surface area (Å²) in [6.45, 7) is 4.60. The van der Waals surface area contributed by atoms with Crippen molar-refractivity contribution in [2.75, 3.05) is 20.3 Å². The van der Waals surface area contributed by atoms with Crippen molar-refractivity contribution in [3.63, 3.8) is 0 Å². The molecule has 2 aromatic rings. The van der Waals surface area contributed by atoms with Crippen molar-refractivity contribution < 1.29 is 23.8 Å². The maximum absolute atomic E-state index is 12.1. The SMILES string of the molecule is CCOC(=O)Cc1c(C(=O)OCC)ccn1Cc1ccc(OC)cc1. The van der Waals surface area contributed by atoms with Gasteiger partial charge in [0.1, 0.15) is 5.75 Å². The van der Waals surface area contributed by atoms with Crippen LogP contribution in [0.4, 0.5) is 0 Å². The zero-order chi connectivity index (χ0) is 18.2. The maximum Gasteiger partial charge on any atom is 0.339 e. The van der Waals surface area contributed by atoms with Gasteiger partial charge < -0.3 is 18.8 Å². The summed E-state index contributed by atoms with van der Waals surface area (Å²) in [5.41, 5.74) is 2.01. The molecule has 0 spiro atoms. The molecule has 6 nitrogen and oxygen atoms in total. The number of aromatic nitrogens is 1. The van der Waals surface area contributed by atoms with Crippen LogP contribution in [0.3, 0.4) is 0 Å². The van der Waals surface area contributed by atoms with E-state index in [1.165, 1.54) is 0 Å². The number of rotatable bonds is 8. The van der Waals surface area contributed by atoms with E-state index in [0.29, 0.717) is 24.4 Å². The Morgan fingerprint density at radius 2 is 1.68 bits per heavy atom. The highest BCUT2D eigenvalue weighted by Gasteiger charge is 2.20. The van der Waals surface area contributed by atoms with Crippen LogP contribution in [0.5, 0.6) is 5.75 Å². The van der Waals surface area contributed by atoms with Gasteiger partial charge in [0.15, 0.2) is 0 Å². The van der Waals surface area contributed by atoms with Crippen LogP contribution in [-0.2, 0) is 27.2 Å². The number of carbonyl (C=O) groups is 2. The fraction of sp³-hybridized carbons (Fsp3) is 0.368. The van der Waals surface area contributed by atoms with Crippen molar-refractivity contribution in [1.82, 2.24) is 4.57 Å². The van der Waals surface area contributed by atoms with Gasteiger partial charge >= 0.3 is 11.9 Å². The zero-order valence-corrected chi connectivity index (χ0v) is 14.8. The highest BCUT2D eigenvalue weighted by Crippen LogP contribution is 2.18. The number of hydrogen-bond acceptors (Lipinski definition) is 5. The molecule has 0 atom stereocenters. The van der Waals surface area contributed by atoms with E-state index in [9.17, 15) is 9.59 Å². The predicted octanol–water partition coefficient (Wildman–Crippen LogP) is 2.83. The van der Waals surface area contributed by atoms with Crippen LogP contribution in [0, 0.1) is 0 Å². The first-order valence-electron chi connectivity index (χ1n) is 8.22. The number of ether oxygens (including phenoxy) is 3. The van der Waals surface area contributed by atoms with Crippen molar-refractivity contribution >= 4 is 11.9 Å². The monoisotopic (exact) mass is 345 g/mol. The molecule has 6 heteroatoms. The molecule has 134 valence electrons. The molecule has 1 aromatic carbocycles. The quantitative estimate of drug-likeness (QED) is 0.688. The molecule has 0 aliphatic carbocycles. The summed E-state index contributed by atoms with van der Waals surface area (Å²) in [7, 11) is 1.62. The first-order chi connectivity index (χ1) is 12.1. The van der Waals surface area contributed by atoms with Crippen LogP contribution in [0.1, 0.15) is 35.5 Å². The second-order valence-corrected chi connectivity index (χ2v) is 5.35. The van der Waals surface area contributed by atoms with Crippen molar-refractivity contribution in [3.05, 3.63) is 53.3 Å². The zero-order valence-electron chi connectivity index (χ0n) is 14.8. The Balaban J connectivity index is 2.28. The number of hydrogen-bond donors (Lipinski definition) is 0. The Kier molecular flexibility index (Phi) is 6.62. The van der Waals surface area contributed by atoms with Crippen LogP contribution >= 0.6 is 0 Å². The molecular formula is C19H23NO5. The molecule has 1 heterocycles. The molecule has 0 amide bonds. The number of carbonyl (C=O) groups excluding carboxylic acids is 2. The third-order valence-electron chi connectivity index (χ3n) is 3.70. The van der Waals surface area contributed by atoms with Gasteiger partial charge in [-0.3, -0.25) is 4.79 Å². The van der Waals surface area contributed by atoms with Crippen LogP contribution in [0.25, 0.3) is 0 Å². The van der Waals surface area contributed by atoms with E-state index in [0.717, 1.165) is 11.3 Å². The largest absolute Gasteiger partial charge is 0.497 e. The Morgan fingerprint density at radius 1 is 1.00 bits per heavy atom. The number of esters is 2. The smallest absolute Gasteiger partial charge is 0.339 e. The topological polar surface area (TPSA) is 66.8 Å². The maximum atomic E-state index is 12.1. The Labute approximate surface area is 147 Å². The third kappa shape index (κ3) is 4.86. The molecule has 2 rings (SSSR count). The molecule has 0 radical (unpaired) electrons. The Hall–Kier alpha value is -2.76. The molecule has 0 fully saturated rings. The average molecular weight is 345 g/mol. The molecule has 0 aliphatic heterocycles. The normalized spacial score (nSPS) is 10.4. The van der Waals surface area contributed by atoms with E-state index in [-0.39, 0.29) is 19.0 Å². The van der Waals surface area contributed by atoms with Gasteiger partial charge in [-0.2, -0.15) is 0 Å². The lowest BCUT2D eigenvalue weighted by Gasteiger charge is -2.12. The average Bonchev–Trinajstić information content (AvgIpc) is 2.98. The fourth-order valence-corrected chi connectivity index (χ4v) is 2.52. The molecule has 0 unspecified atom stereocenters. The van der Waals surface area contributed by atoms with Crippen molar-refractivity contribution in [3.8, 4) is 5.75 Å². The van der Waals surface area contributed by atoms with Crippen molar-refractivity contribution in [1.29, 1.82) is 0 Å². The standard InChI is InChI=1S/C19H23NO5/c1-4-24-18(21)12-17-16(19(22)25-5-2)10-11-20(17)13-14-6-8-15(23-3)9-7-14/h6-11H,4-5,12-13H2,1-3H3. The van der Waals surface area contributed by atoms with E-state index < -0.39 is 5.97 Å². The van der Waals surface area contributed by atoms with Crippen molar-refractivity contribution in [2.45, 2.75) is 26.8 Å². The lowest BCUT2D eigenvalue weighted by atomic mass is 10.1. The Bertz CT molecular complexity index is 718. The van der Waals surface area contributed by atoms with E-state index in [2.05, 4.69) is 0 Å². The summed E-state index contributed by atoms with van der Waals surface area (Å²) < 4.78 is 17.1. The highest BCUT2D eigenvalue weighted by molar-refractivity contribution is 5.92. The molecule has 25 heavy (non-hydrogen) atoms. The van der Waals surface area contributed by atoms with E-state index in [4.69, 9.17) is 14.2 Å². The summed E-state index contributed by atoms with van der Waals surface area (Å²) in [5, 5.41) is 0. The molecule has 0 bridgehead atoms. The van der Waals surface area contributed by atoms with Gasteiger partial charge in [0, 0.05) is 18.4 Å². The minimum absolute atomic E-state index is 0.0190. The number of benzene rings is 1. The predicted molar refractivity (Wildman–Crippen MR) is 92.8 cm³/mol. The van der Waals surface area contributed by atoms with Gasteiger partial charge in [-0.15, -0.1) is 0 Å². The molecule has 1 aromatic heterocycles. The van der Waals surface area contributed by atoms with E-state index in [1.54, 1.807) is 33.2 Å². The molecule has 0 saturated heterocycles. The lowest BCUT2D eigenvalue weighted by molar-refractivity contribution is -0.142. The van der Waals surface area contributed by atoms with Gasteiger partial charge in [0.05, 0.1) is 32.3 Å². The minimum atomic E-state index is -0.435. The highest BCUT2D eigenvalue weighted by atomic mass is 16.5. The summed E-state index contributed by atoms with van der Waals surface area (Å²) in [5.74, 6) is -0.0341. The van der Waals surface area contributed by atoms with Gasteiger partial charge in [0.25, 0.3) is 0 Å².